The van der Waals surface area contributed by atoms with Crippen molar-refractivity contribution in [2.75, 3.05) is 6.54 Å². The van der Waals surface area contributed by atoms with Crippen LogP contribution in [-0.2, 0) is 12.6 Å². The van der Waals surface area contributed by atoms with E-state index in [9.17, 15) is 0 Å². The predicted octanol–water partition coefficient (Wildman–Crippen LogP) is 1.70. The van der Waals surface area contributed by atoms with Gasteiger partial charge in [-0.3, -0.25) is 4.68 Å². The van der Waals surface area contributed by atoms with E-state index in [0.29, 0.717) is 17.4 Å². The first kappa shape index (κ1) is 17.3. The normalized spacial score (nSPS) is 14.5. The van der Waals surface area contributed by atoms with E-state index < -0.39 is 11.1 Å². The maximum absolute atomic E-state index is 6.65. The summed E-state index contributed by atoms with van der Waals surface area (Å²) in [5, 5.41) is 5.01. The molecule has 0 bridgehead atoms. The Morgan fingerprint density at radius 2 is 1.80 bits per heavy atom. The van der Waals surface area contributed by atoms with Gasteiger partial charge in [0.05, 0.1) is 6.20 Å². The summed E-state index contributed by atoms with van der Waals surface area (Å²) in [4.78, 5) is 9.28. The molecule has 25 heavy (non-hydrogen) atoms. The van der Waals surface area contributed by atoms with E-state index in [2.05, 4.69) is 15.1 Å². The highest BCUT2D eigenvalue weighted by Gasteiger charge is 2.33. The van der Waals surface area contributed by atoms with Gasteiger partial charge in [-0.25, -0.2) is 4.98 Å². The Labute approximate surface area is 147 Å². The van der Waals surface area contributed by atoms with Gasteiger partial charge in [0.15, 0.2) is 11.5 Å². The van der Waals surface area contributed by atoms with Crippen LogP contribution in [0.4, 0.5) is 0 Å². The lowest BCUT2D eigenvalue weighted by atomic mass is 9.90. The van der Waals surface area contributed by atoms with E-state index in [1.165, 1.54) is 0 Å². The summed E-state index contributed by atoms with van der Waals surface area (Å²) >= 11 is 0. The molecule has 0 spiro atoms. The molecule has 132 valence electrons. The van der Waals surface area contributed by atoms with Gasteiger partial charge in [-0.2, -0.15) is 10.1 Å². The number of fused-ring (bicyclic) bond motifs is 1. The maximum atomic E-state index is 6.65. The van der Waals surface area contributed by atoms with Gasteiger partial charge in [-0.05, 0) is 26.3 Å². The molecular weight excluding hydrogens is 316 g/mol. The van der Waals surface area contributed by atoms with Crippen molar-refractivity contribution in [1.82, 2.24) is 19.7 Å². The molecule has 1 unspecified atom stereocenters. The van der Waals surface area contributed by atoms with Crippen LogP contribution >= 0.6 is 0 Å². The first-order chi connectivity index (χ1) is 11.7. The Bertz CT molecular complexity index is 884. The molecule has 0 amide bonds. The molecular formula is C18H24N6O. The second-order valence-corrected chi connectivity index (χ2v) is 7.11. The average molecular weight is 340 g/mol. The van der Waals surface area contributed by atoms with Gasteiger partial charge in [0.1, 0.15) is 16.5 Å². The minimum atomic E-state index is -1.02. The fourth-order valence-electron chi connectivity index (χ4n) is 2.64. The molecule has 1 atom stereocenters. The Kier molecular flexibility index (Phi) is 4.22. The number of ether oxygens (including phenoxy) is 1. The molecule has 0 aliphatic carbocycles. The Morgan fingerprint density at radius 1 is 1.12 bits per heavy atom. The molecule has 7 heteroatoms. The van der Waals surface area contributed by atoms with Crippen molar-refractivity contribution in [2.24, 2.45) is 18.5 Å². The Morgan fingerprint density at radius 3 is 2.40 bits per heavy atom. The van der Waals surface area contributed by atoms with E-state index in [4.69, 9.17) is 16.2 Å². The summed E-state index contributed by atoms with van der Waals surface area (Å²) < 4.78 is 7.72. The van der Waals surface area contributed by atoms with Gasteiger partial charge >= 0.3 is 0 Å². The number of rotatable bonds is 4. The molecule has 3 rings (SSSR count). The van der Waals surface area contributed by atoms with Crippen molar-refractivity contribution in [1.29, 1.82) is 0 Å². The smallest absolute Gasteiger partial charge is 0.228 e. The Hall–Kier alpha value is -2.51. The fourth-order valence-corrected chi connectivity index (χ4v) is 2.64. The van der Waals surface area contributed by atoms with Crippen molar-refractivity contribution in [2.45, 2.75) is 31.9 Å². The van der Waals surface area contributed by atoms with E-state index >= 15 is 0 Å². The second kappa shape index (κ2) is 6.09. The number of nitrogens with zero attached hydrogens (tertiary/aromatic N) is 4. The van der Waals surface area contributed by atoms with Crippen molar-refractivity contribution in [3.8, 4) is 5.88 Å². The topological polar surface area (TPSA) is 105 Å². The highest BCUT2D eigenvalue weighted by atomic mass is 16.5. The van der Waals surface area contributed by atoms with Crippen molar-refractivity contribution < 1.29 is 4.74 Å². The van der Waals surface area contributed by atoms with Gasteiger partial charge in [-0.1, -0.05) is 30.3 Å². The quantitative estimate of drug-likeness (QED) is 0.749. The van der Waals surface area contributed by atoms with Gasteiger partial charge in [0.25, 0.3) is 0 Å². The molecule has 3 aromatic rings. The minimum Gasteiger partial charge on any atom is -0.471 e. The van der Waals surface area contributed by atoms with E-state index in [-0.39, 0.29) is 6.54 Å². The van der Waals surface area contributed by atoms with Crippen molar-refractivity contribution >= 4 is 11.0 Å². The zero-order chi connectivity index (χ0) is 18.2. The molecule has 0 fully saturated rings. The standard InChI is InChI=1S/C18H24N6O/c1-17(2,3)25-15-13-10-21-24(4)14(13)22-16(23-15)18(20,11-19)12-8-6-5-7-9-12/h5-10H,11,19-20H2,1-4H3. The van der Waals surface area contributed by atoms with Crippen LogP contribution in [-0.4, -0.2) is 31.9 Å². The molecule has 0 saturated carbocycles. The summed E-state index contributed by atoms with van der Waals surface area (Å²) in [6.07, 6.45) is 1.70. The zero-order valence-corrected chi connectivity index (χ0v) is 15.0. The lowest BCUT2D eigenvalue weighted by Crippen LogP contribution is -2.46. The molecule has 2 heterocycles. The fraction of sp³-hybridized carbons (Fsp3) is 0.389. The number of aryl methyl sites for hydroxylation is 1. The summed E-state index contributed by atoms with van der Waals surface area (Å²) in [7, 11) is 1.82. The molecule has 0 saturated heterocycles. The lowest BCUT2D eigenvalue weighted by molar-refractivity contribution is 0.125. The third-order valence-corrected chi connectivity index (χ3v) is 3.97. The van der Waals surface area contributed by atoms with E-state index in [1.54, 1.807) is 10.9 Å². The highest BCUT2D eigenvalue weighted by molar-refractivity contribution is 5.80. The molecule has 4 N–H and O–H groups in total. The summed E-state index contributed by atoms with van der Waals surface area (Å²) in [5.74, 6) is 0.872. The number of hydrogen-bond donors (Lipinski definition) is 2. The van der Waals surface area contributed by atoms with Crippen molar-refractivity contribution in [3.05, 3.63) is 47.9 Å². The third-order valence-electron chi connectivity index (χ3n) is 3.97. The predicted molar refractivity (Wildman–Crippen MR) is 97.1 cm³/mol. The van der Waals surface area contributed by atoms with E-state index in [1.807, 2.05) is 58.2 Å². The first-order valence-corrected chi connectivity index (χ1v) is 8.18. The van der Waals surface area contributed by atoms with Crippen LogP contribution in [0.25, 0.3) is 11.0 Å². The largest absolute Gasteiger partial charge is 0.471 e. The van der Waals surface area contributed by atoms with Gasteiger partial charge < -0.3 is 16.2 Å². The zero-order valence-electron chi connectivity index (χ0n) is 15.0. The monoisotopic (exact) mass is 340 g/mol. The lowest BCUT2D eigenvalue weighted by Gasteiger charge is -2.28. The average Bonchev–Trinajstić information content (AvgIpc) is 2.95. The molecule has 1 aromatic carbocycles. The number of nitrogens with two attached hydrogens (primary N) is 2. The molecule has 0 aliphatic heterocycles. The molecule has 0 aliphatic rings. The SMILES string of the molecule is Cn1ncc2c(OC(C)(C)C)nc(C(N)(CN)c3ccccc3)nc21. The number of aromatic nitrogens is 4. The van der Waals surface area contributed by atoms with Crippen LogP contribution in [0.5, 0.6) is 5.88 Å². The van der Waals surface area contributed by atoms with Crippen LogP contribution in [0, 0.1) is 0 Å². The summed E-state index contributed by atoms with van der Waals surface area (Å²) in [6.45, 7) is 6.06. The van der Waals surface area contributed by atoms with Crippen LogP contribution in [0.15, 0.2) is 36.5 Å². The Balaban J connectivity index is 2.23. The first-order valence-electron chi connectivity index (χ1n) is 8.18. The molecule has 7 nitrogen and oxygen atoms in total. The van der Waals surface area contributed by atoms with Gasteiger partial charge in [0, 0.05) is 13.6 Å². The van der Waals surface area contributed by atoms with Crippen LogP contribution in [0.1, 0.15) is 32.2 Å². The van der Waals surface area contributed by atoms with Crippen LogP contribution < -0.4 is 16.2 Å². The second-order valence-electron chi connectivity index (χ2n) is 7.11. The molecule has 2 aromatic heterocycles. The molecule has 0 radical (unpaired) electrons. The highest BCUT2D eigenvalue weighted by Crippen LogP contribution is 2.30. The van der Waals surface area contributed by atoms with Crippen LogP contribution in [0.2, 0.25) is 0 Å². The number of benzene rings is 1. The summed E-state index contributed by atoms with van der Waals surface area (Å²) in [6, 6.07) is 9.62. The van der Waals surface area contributed by atoms with E-state index in [0.717, 1.165) is 10.9 Å². The maximum Gasteiger partial charge on any atom is 0.228 e. The van der Waals surface area contributed by atoms with Crippen molar-refractivity contribution in [3.63, 3.8) is 0 Å². The third kappa shape index (κ3) is 3.20. The number of hydrogen-bond acceptors (Lipinski definition) is 6. The van der Waals surface area contributed by atoms with Gasteiger partial charge in [0.2, 0.25) is 5.88 Å². The minimum absolute atomic E-state index is 0.162. The summed E-state index contributed by atoms with van der Waals surface area (Å²) in [5.41, 5.74) is 12.8. The van der Waals surface area contributed by atoms with Crippen LogP contribution in [0.3, 0.4) is 0 Å². The van der Waals surface area contributed by atoms with Gasteiger partial charge in [-0.15, -0.1) is 0 Å².